The van der Waals surface area contributed by atoms with Crippen LogP contribution in [0.15, 0.2) is 23.0 Å². The molecule has 2 rings (SSSR count). The van der Waals surface area contributed by atoms with Crippen molar-refractivity contribution >= 4 is 10.9 Å². The Labute approximate surface area is 133 Å². The molecule has 120 valence electrons. The fourth-order valence-corrected chi connectivity index (χ4v) is 3.00. The van der Waals surface area contributed by atoms with Gasteiger partial charge in [-0.1, -0.05) is 19.4 Å². The summed E-state index contributed by atoms with van der Waals surface area (Å²) in [7, 11) is 0. The largest absolute Gasteiger partial charge is 0.358 e. The maximum atomic E-state index is 12.9. The van der Waals surface area contributed by atoms with Crippen LogP contribution in [-0.4, -0.2) is 18.1 Å². The van der Waals surface area contributed by atoms with Crippen molar-refractivity contribution < 1.29 is 4.90 Å². The maximum Gasteiger partial charge on any atom is 0.198 e. The number of hydrogen-bond acceptors (Lipinski definition) is 1. The highest BCUT2D eigenvalue weighted by molar-refractivity contribution is 5.80. The second-order valence-corrected chi connectivity index (χ2v) is 6.18. The van der Waals surface area contributed by atoms with Crippen LogP contribution in [0.1, 0.15) is 50.4 Å². The Balaban J connectivity index is 2.46. The van der Waals surface area contributed by atoms with E-state index in [4.69, 9.17) is 0 Å². The lowest BCUT2D eigenvalue weighted by atomic mass is 10.0. The number of pyridine rings is 1. The molecule has 1 aromatic heterocycles. The first-order chi connectivity index (χ1) is 10.6. The molecule has 0 aliphatic heterocycles. The quantitative estimate of drug-likeness (QED) is 0.810. The van der Waals surface area contributed by atoms with Crippen LogP contribution < -0.4 is 10.3 Å². The molecule has 2 aromatic rings. The third-order valence-electron chi connectivity index (χ3n) is 4.62. The van der Waals surface area contributed by atoms with Crippen LogP contribution in [0, 0.1) is 6.92 Å². The van der Waals surface area contributed by atoms with Gasteiger partial charge in [0.05, 0.1) is 18.7 Å². The Morgan fingerprint density at radius 1 is 1.14 bits per heavy atom. The van der Waals surface area contributed by atoms with Gasteiger partial charge in [0.15, 0.2) is 5.43 Å². The second kappa shape index (κ2) is 7.59. The highest BCUT2D eigenvalue weighted by Gasteiger charge is 2.14. The van der Waals surface area contributed by atoms with Crippen LogP contribution in [-0.2, 0) is 13.0 Å². The fourth-order valence-electron chi connectivity index (χ4n) is 3.00. The van der Waals surface area contributed by atoms with Gasteiger partial charge in [-0.2, -0.15) is 0 Å². The number of aromatic amines is 1. The fraction of sp³-hybridized carbons (Fsp3) is 0.526. The minimum absolute atomic E-state index is 0.212. The van der Waals surface area contributed by atoms with Crippen molar-refractivity contribution in [1.82, 2.24) is 4.98 Å². The average molecular weight is 301 g/mol. The lowest BCUT2D eigenvalue weighted by Crippen LogP contribution is -3.10. The summed E-state index contributed by atoms with van der Waals surface area (Å²) in [5, 5.41) is 0.848. The van der Waals surface area contributed by atoms with Crippen molar-refractivity contribution in [1.29, 1.82) is 0 Å². The molecule has 0 unspecified atom stereocenters. The summed E-state index contributed by atoms with van der Waals surface area (Å²) in [4.78, 5) is 17.8. The third-order valence-corrected chi connectivity index (χ3v) is 4.62. The molecule has 22 heavy (non-hydrogen) atoms. The Morgan fingerprint density at radius 2 is 1.86 bits per heavy atom. The van der Waals surface area contributed by atoms with Crippen LogP contribution in [0.25, 0.3) is 10.9 Å². The molecular weight excluding hydrogens is 272 g/mol. The molecule has 0 saturated carbocycles. The topological polar surface area (TPSA) is 37.3 Å². The van der Waals surface area contributed by atoms with Gasteiger partial charge in [0.25, 0.3) is 0 Å². The van der Waals surface area contributed by atoms with Crippen molar-refractivity contribution in [2.75, 3.05) is 13.1 Å². The van der Waals surface area contributed by atoms with Crippen LogP contribution >= 0.6 is 0 Å². The van der Waals surface area contributed by atoms with Crippen molar-refractivity contribution in [3.8, 4) is 0 Å². The highest BCUT2D eigenvalue weighted by Crippen LogP contribution is 2.15. The van der Waals surface area contributed by atoms with E-state index in [1.165, 1.54) is 23.3 Å². The predicted molar refractivity (Wildman–Crippen MR) is 93.7 cm³/mol. The summed E-state index contributed by atoms with van der Waals surface area (Å²) in [6.45, 7) is 11.5. The normalized spacial score (nSPS) is 11.5. The van der Waals surface area contributed by atoms with Crippen molar-refractivity contribution in [2.24, 2.45) is 0 Å². The SMILES string of the molecule is CCCCc1ccc2[nH]c(C)c(C[NH+](CC)CC)c(=O)c2c1. The molecule has 0 amide bonds. The van der Waals surface area contributed by atoms with Crippen molar-refractivity contribution in [2.45, 2.75) is 53.5 Å². The van der Waals surface area contributed by atoms with Crippen LogP contribution in [0.2, 0.25) is 0 Å². The minimum atomic E-state index is 0.212. The second-order valence-electron chi connectivity index (χ2n) is 6.18. The van der Waals surface area contributed by atoms with E-state index in [0.29, 0.717) is 0 Å². The van der Waals surface area contributed by atoms with Gasteiger partial charge in [0.1, 0.15) is 6.54 Å². The molecule has 2 N–H and O–H groups in total. The van der Waals surface area contributed by atoms with Gasteiger partial charge >= 0.3 is 0 Å². The molecule has 0 saturated heterocycles. The molecule has 0 radical (unpaired) electrons. The van der Waals surface area contributed by atoms with Gasteiger partial charge in [-0.05, 0) is 51.3 Å². The number of unbranched alkanes of at least 4 members (excludes halogenated alkanes) is 1. The number of fused-ring (bicyclic) bond motifs is 1. The summed E-state index contributed by atoms with van der Waals surface area (Å²) in [6, 6.07) is 6.29. The van der Waals surface area contributed by atoms with Gasteiger partial charge in [-0.3, -0.25) is 4.79 Å². The van der Waals surface area contributed by atoms with E-state index in [0.717, 1.165) is 48.2 Å². The molecule has 1 heterocycles. The first-order valence-corrected chi connectivity index (χ1v) is 8.58. The number of rotatable bonds is 7. The van der Waals surface area contributed by atoms with E-state index in [1.54, 1.807) is 0 Å². The molecule has 0 atom stereocenters. The molecule has 3 nitrogen and oxygen atoms in total. The summed E-state index contributed by atoms with van der Waals surface area (Å²) in [5.41, 5.74) is 4.40. The highest BCUT2D eigenvalue weighted by atomic mass is 16.1. The maximum absolute atomic E-state index is 12.9. The summed E-state index contributed by atoms with van der Waals surface area (Å²) >= 11 is 0. The van der Waals surface area contributed by atoms with Crippen LogP contribution in [0.5, 0.6) is 0 Å². The number of H-pyrrole nitrogens is 1. The van der Waals surface area contributed by atoms with Gasteiger partial charge < -0.3 is 9.88 Å². The Morgan fingerprint density at radius 3 is 2.50 bits per heavy atom. The van der Waals surface area contributed by atoms with E-state index < -0.39 is 0 Å². The number of benzene rings is 1. The van der Waals surface area contributed by atoms with Gasteiger partial charge in [0, 0.05) is 16.6 Å². The zero-order valence-corrected chi connectivity index (χ0v) is 14.4. The summed E-state index contributed by atoms with van der Waals surface area (Å²) in [5.74, 6) is 0. The smallest absolute Gasteiger partial charge is 0.198 e. The molecular formula is C19H29N2O+. The van der Waals surface area contributed by atoms with E-state index in [-0.39, 0.29) is 5.43 Å². The zero-order valence-electron chi connectivity index (χ0n) is 14.4. The van der Waals surface area contributed by atoms with Crippen LogP contribution in [0.4, 0.5) is 0 Å². The van der Waals surface area contributed by atoms with Gasteiger partial charge in [-0.25, -0.2) is 0 Å². The Bertz CT molecular complexity index is 684. The number of quaternary nitrogens is 1. The van der Waals surface area contributed by atoms with E-state index >= 15 is 0 Å². The van der Waals surface area contributed by atoms with E-state index in [9.17, 15) is 4.79 Å². The number of nitrogens with one attached hydrogen (secondary N) is 2. The predicted octanol–water partition coefficient (Wildman–Crippen LogP) is 2.60. The molecule has 0 fully saturated rings. The molecule has 1 aromatic carbocycles. The van der Waals surface area contributed by atoms with Crippen molar-refractivity contribution in [3.05, 3.63) is 45.2 Å². The molecule has 0 aliphatic carbocycles. The first-order valence-electron chi connectivity index (χ1n) is 8.58. The Kier molecular flexibility index (Phi) is 5.78. The third kappa shape index (κ3) is 3.58. The Hall–Kier alpha value is -1.61. The van der Waals surface area contributed by atoms with Crippen LogP contribution in [0.3, 0.4) is 0 Å². The lowest BCUT2D eigenvalue weighted by molar-refractivity contribution is -0.910. The number of hydrogen-bond donors (Lipinski definition) is 2. The first kappa shape index (κ1) is 16.8. The molecule has 0 aliphatic rings. The molecule has 0 spiro atoms. The summed E-state index contributed by atoms with van der Waals surface area (Å²) in [6.07, 6.45) is 3.40. The van der Waals surface area contributed by atoms with E-state index in [1.807, 2.05) is 6.92 Å². The minimum Gasteiger partial charge on any atom is -0.358 e. The van der Waals surface area contributed by atoms with Gasteiger partial charge in [0.2, 0.25) is 0 Å². The van der Waals surface area contributed by atoms with Crippen molar-refractivity contribution in [3.63, 3.8) is 0 Å². The zero-order chi connectivity index (χ0) is 16.1. The van der Waals surface area contributed by atoms with Gasteiger partial charge in [-0.15, -0.1) is 0 Å². The summed E-state index contributed by atoms with van der Waals surface area (Å²) < 4.78 is 0. The average Bonchev–Trinajstić information content (AvgIpc) is 2.53. The molecule has 3 heteroatoms. The number of aromatic nitrogens is 1. The lowest BCUT2D eigenvalue weighted by Gasteiger charge is -2.17. The molecule has 0 bridgehead atoms. The monoisotopic (exact) mass is 301 g/mol. The van der Waals surface area contributed by atoms with E-state index in [2.05, 4.69) is 44.0 Å². The standard InChI is InChI=1S/C19H28N2O/c1-5-8-9-15-10-11-18-16(12-15)19(22)17(14(4)20-18)13-21(6-2)7-3/h10-12H,5-9,13H2,1-4H3,(H,20,22)/p+1. The number of aryl methyl sites for hydroxylation is 2.